The van der Waals surface area contributed by atoms with Gasteiger partial charge in [-0.15, -0.1) is 0 Å². The van der Waals surface area contributed by atoms with Crippen LogP contribution in [0.1, 0.15) is 35.7 Å². The molecule has 1 aliphatic heterocycles. The number of pyridine rings is 2. The van der Waals surface area contributed by atoms with E-state index in [4.69, 9.17) is 4.74 Å². The molecule has 2 amide bonds. The van der Waals surface area contributed by atoms with Gasteiger partial charge in [-0.1, -0.05) is 0 Å². The van der Waals surface area contributed by atoms with Crippen LogP contribution in [0, 0.1) is 0 Å². The first-order valence-corrected chi connectivity index (χ1v) is 9.47. The zero-order valence-electron chi connectivity index (χ0n) is 15.9. The molecule has 3 rings (SSSR count). The predicted molar refractivity (Wildman–Crippen MR) is 105 cm³/mol. The number of rotatable bonds is 6. The van der Waals surface area contributed by atoms with Crippen LogP contribution in [0.5, 0.6) is 0 Å². The second-order valence-electron chi connectivity index (χ2n) is 6.57. The summed E-state index contributed by atoms with van der Waals surface area (Å²) >= 11 is 0. The molecular formula is C20H25N5O3. The Labute approximate surface area is 164 Å². The van der Waals surface area contributed by atoms with Crippen LogP contribution in [0.15, 0.2) is 42.9 Å². The lowest BCUT2D eigenvalue weighted by atomic mass is 10.1. The normalized spacial score (nSPS) is 14.4. The standard InChI is InChI=1S/C20H25N5O3/c1-2-28-20(27)25-11-7-17(8-12-25)24-18-4-3-16(14-22-18)19(26)23-13-15-5-9-21-10-6-15/h3-6,9-10,14,17H,2,7-8,11-13H2,1H3,(H,22,24)(H,23,26). The van der Waals surface area contributed by atoms with Gasteiger partial charge in [-0.25, -0.2) is 9.78 Å². The van der Waals surface area contributed by atoms with Crippen molar-refractivity contribution < 1.29 is 14.3 Å². The van der Waals surface area contributed by atoms with Gasteiger partial charge in [-0.05, 0) is 49.6 Å². The Kier molecular flexibility index (Phi) is 6.78. The maximum absolute atomic E-state index is 12.2. The zero-order chi connectivity index (χ0) is 19.8. The maximum atomic E-state index is 12.2. The van der Waals surface area contributed by atoms with Gasteiger partial charge in [0.2, 0.25) is 0 Å². The van der Waals surface area contributed by atoms with E-state index in [1.165, 1.54) is 0 Å². The first-order chi connectivity index (χ1) is 13.7. The minimum absolute atomic E-state index is 0.168. The molecule has 0 radical (unpaired) electrons. The quantitative estimate of drug-likeness (QED) is 0.795. The van der Waals surface area contributed by atoms with Gasteiger partial charge in [-0.3, -0.25) is 9.78 Å². The largest absolute Gasteiger partial charge is 0.450 e. The summed E-state index contributed by atoms with van der Waals surface area (Å²) < 4.78 is 5.03. The molecule has 0 saturated carbocycles. The number of amides is 2. The molecule has 148 valence electrons. The Bertz CT molecular complexity index is 774. The lowest BCUT2D eigenvalue weighted by Gasteiger charge is -2.31. The lowest BCUT2D eigenvalue weighted by molar-refractivity contribution is 0.0949. The first-order valence-electron chi connectivity index (χ1n) is 9.47. The average molecular weight is 383 g/mol. The topological polar surface area (TPSA) is 96.5 Å². The molecule has 0 atom stereocenters. The van der Waals surface area contributed by atoms with Crippen LogP contribution in [0.2, 0.25) is 0 Å². The average Bonchev–Trinajstić information content (AvgIpc) is 2.74. The number of hydrogen-bond donors (Lipinski definition) is 2. The van der Waals surface area contributed by atoms with Crippen LogP contribution in [0.4, 0.5) is 10.6 Å². The molecule has 0 unspecified atom stereocenters. The van der Waals surface area contributed by atoms with Gasteiger partial charge in [0.1, 0.15) is 5.82 Å². The molecule has 28 heavy (non-hydrogen) atoms. The van der Waals surface area contributed by atoms with Crippen molar-refractivity contribution in [2.45, 2.75) is 32.4 Å². The number of anilines is 1. The third-order valence-electron chi connectivity index (χ3n) is 4.60. The van der Waals surface area contributed by atoms with Crippen molar-refractivity contribution in [2.75, 3.05) is 25.0 Å². The van der Waals surface area contributed by atoms with Gasteiger partial charge in [0.15, 0.2) is 0 Å². The van der Waals surface area contributed by atoms with E-state index in [-0.39, 0.29) is 18.0 Å². The maximum Gasteiger partial charge on any atom is 0.409 e. The number of carbonyl (C=O) groups is 2. The van der Waals surface area contributed by atoms with E-state index < -0.39 is 0 Å². The summed E-state index contributed by atoms with van der Waals surface area (Å²) in [5, 5.41) is 6.23. The molecule has 1 saturated heterocycles. The van der Waals surface area contributed by atoms with Crippen molar-refractivity contribution in [3.05, 3.63) is 54.0 Å². The second kappa shape index (κ2) is 9.68. The molecule has 0 bridgehead atoms. The van der Waals surface area contributed by atoms with E-state index >= 15 is 0 Å². The molecule has 2 aromatic rings. The van der Waals surface area contributed by atoms with Crippen LogP contribution in [0.3, 0.4) is 0 Å². The summed E-state index contributed by atoms with van der Waals surface area (Å²) in [4.78, 5) is 34.0. The Morgan fingerprint density at radius 3 is 2.57 bits per heavy atom. The fourth-order valence-electron chi connectivity index (χ4n) is 3.03. The molecule has 8 heteroatoms. The summed E-state index contributed by atoms with van der Waals surface area (Å²) in [6.45, 7) is 3.96. The summed E-state index contributed by atoms with van der Waals surface area (Å²) in [7, 11) is 0. The Hall–Kier alpha value is -3.16. The lowest BCUT2D eigenvalue weighted by Crippen LogP contribution is -2.42. The highest BCUT2D eigenvalue weighted by atomic mass is 16.6. The first kappa shape index (κ1) is 19.6. The molecule has 1 aliphatic rings. The van der Waals surface area contributed by atoms with E-state index in [9.17, 15) is 9.59 Å². The smallest absolute Gasteiger partial charge is 0.409 e. The highest BCUT2D eigenvalue weighted by Crippen LogP contribution is 2.16. The van der Waals surface area contributed by atoms with Crippen molar-refractivity contribution in [1.82, 2.24) is 20.2 Å². The van der Waals surface area contributed by atoms with Gasteiger partial charge in [0.25, 0.3) is 5.91 Å². The molecule has 0 aliphatic carbocycles. The number of nitrogens with one attached hydrogen (secondary N) is 2. The molecule has 2 N–H and O–H groups in total. The third kappa shape index (κ3) is 5.42. The number of hydrogen-bond acceptors (Lipinski definition) is 6. The fraction of sp³-hybridized carbons (Fsp3) is 0.400. The van der Waals surface area contributed by atoms with E-state index in [1.54, 1.807) is 42.5 Å². The highest BCUT2D eigenvalue weighted by Gasteiger charge is 2.23. The van der Waals surface area contributed by atoms with Crippen molar-refractivity contribution in [3.63, 3.8) is 0 Å². The minimum atomic E-state index is -0.249. The number of piperidine rings is 1. The summed E-state index contributed by atoms with van der Waals surface area (Å²) in [5.74, 6) is 0.555. The van der Waals surface area contributed by atoms with Crippen LogP contribution in [0.25, 0.3) is 0 Å². The molecule has 2 aromatic heterocycles. The number of likely N-dealkylation sites (tertiary alicyclic amines) is 1. The van der Waals surface area contributed by atoms with E-state index in [0.717, 1.165) is 24.2 Å². The van der Waals surface area contributed by atoms with Gasteiger partial charge in [-0.2, -0.15) is 0 Å². The number of nitrogens with zero attached hydrogens (tertiary/aromatic N) is 3. The van der Waals surface area contributed by atoms with Crippen molar-refractivity contribution in [2.24, 2.45) is 0 Å². The number of ether oxygens (including phenoxy) is 1. The summed E-state index contributed by atoms with van der Waals surface area (Å²) in [6, 6.07) is 7.52. The predicted octanol–water partition coefficient (Wildman–Crippen LogP) is 2.44. The molecule has 3 heterocycles. The Balaban J connectivity index is 1.45. The highest BCUT2D eigenvalue weighted by molar-refractivity contribution is 5.94. The molecule has 0 spiro atoms. The molecule has 8 nitrogen and oxygen atoms in total. The van der Waals surface area contributed by atoms with Crippen molar-refractivity contribution >= 4 is 17.8 Å². The fourth-order valence-corrected chi connectivity index (χ4v) is 3.03. The number of aromatic nitrogens is 2. The molecule has 0 aromatic carbocycles. The van der Waals surface area contributed by atoms with Crippen LogP contribution in [-0.2, 0) is 11.3 Å². The van der Waals surface area contributed by atoms with E-state index in [0.29, 0.717) is 31.8 Å². The van der Waals surface area contributed by atoms with Crippen LogP contribution in [-0.4, -0.2) is 52.6 Å². The second-order valence-corrected chi connectivity index (χ2v) is 6.57. The van der Waals surface area contributed by atoms with Gasteiger partial charge < -0.3 is 20.3 Å². The van der Waals surface area contributed by atoms with E-state index in [1.807, 2.05) is 12.1 Å². The van der Waals surface area contributed by atoms with Gasteiger partial charge in [0.05, 0.1) is 12.2 Å². The Morgan fingerprint density at radius 1 is 1.18 bits per heavy atom. The third-order valence-corrected chi connectivity index (χ3v) is 4.60. The summed E-state index contributed by atoms with van der Waals surface area (Å²) in [5.41, 5.74) is 1.50. The van der Waals surface area contributed by atoms with Crippen LogP contribution >= 0.6 is 0 Å². The Morgan fingerprint density at radius 2 is 1.93 bits per heavy atom. The summed E-state index contributed by atoms with van der Waals surface area (Å²) in [6.07, 6.45) is 6.36. The van der Waals surface area contributed by atoms with Crippen molar-refractivity contribution in [3.8, 4) is 0 Å². The number of carbonyl (C=O) groups excluding carboxylic acids is 2. The molecular weight excluding hydrogens is 358 g/mol. The van der Waals surface area contributed by atoms with Crippen molar-refractivity contribution in [1.29, 1.82) is 0 Å². The van der Waals surface area contributed by atoms with Gasteiger partial charge >= 0.3 is 6.09 Å². The van der Waals surface area contributed by atoms with E-state index in [2.05, 4.69) is 20.6 Å². The SMILES string of the molecule is CCOC(=O)N1CCC(Nc2ccc(C(=O)NCc3ccncc3)cn2)CC1. The minimum Gasteiger partial charge on any atom is -0.450 e. The molecule has 1 fully saturated rings. The monoisotopic (exact) mass is 383 g/mol. The van der Waals surface area contributed by atoms with Crippen LogP contribution < -0.4 is 10.6 Å². The van der Waals surface area contributed by atoms with Gasteiger partial charge in [0, 0.05) is 44.3 Å². The zero-order valence-corrected chi connectivity index (χ0v) is 15.9.